The van der Waals surface area contributed by atoms with Crippen LogP contribution in [0.4, 0.5) is 0 Å². The van der Waals surface area contributed by atoms with Crippen molar-refractivity contribution in [1.82, 2.24) is 14.8 Å². The first-order chi connectivity index (χ1) is 16.4. The average Bonchev–Trinajstić information content (AvgIpc) is 3.67. The summed E-state index contributed by atoms with van der Waals surface area (Å²) in [6.07, 6.45) is 6.35. The molecule has 0 spiro atoms. The fraction of sp³-hybridized carbons (Fsp3) is 0.538. The third-order valence-corrected chi connectivity index (χ3v) is 7.79. The lowest BCUT2D eigenvalue weighted by atomic mass is 9.80. The molecule has 1 unspecified atom stereocenters. The minimum atomic E-state index is -0.222. The molecule has 0 bridgehead atoms. The number of aryl methyl sites for hydroxylation is 2. The highest BCUT2D eigenvalue weighted by atomic mass is 35.5. The van der Waals surface area contributed by atoms with Crippen LogP contribution in [0.3, 0.4) is 0 Å². The Morgan fingerprint density at radius 2 is 2.03 bits per heavy atom. The Hall–Kier alpha value is -1.86. The van der Waals surface area contributed by atoms with E-state index in [9.17, 15) is 9.59 Å². The summed E-state index contributed by atoms with van der Waals surface area (Å²) in [5.74, 6) is -0.0821. The van der Waals surface area contributed by atoms with E-state index < -0.39 is 0 Å². The van der Waals surface area contributed by atoms with Gasteiger partial charge in [-0.2, -0.15) is 0 Å². The number of hydrogen-bond donors (Lipinski definition) is 1. The third kappa shape index (κ3) is 5.85. The molecular formula is C26H33Cl2N3O3. The van der Waals surface area contributed by atoms with Crippen LogP contribution in [0.2, 0.25) is 10.0 Å². The highest BCUT2D eigenvalue weighted by molar-refractivity contribution is 6.42. The van der Waals surface area contributed by atoms with Gasteiger partial charge < -0.3 is 19.5 Å². The molecule has 2 atom stereocenters. The number of carbonyl (C=O) groups is 1. The molecule has 6 nitrogen and oxygen atoms in total. The van der Waals surface area contributed by atoms with Gasteiger partial charge in [0.15, 0.2) is 0 Å². The van der Waals surface area contributed by atoms with Crippen molar-refractivity contribution in [2.24, 2.45) is 13.0 Å². The van der Waals surface area contributed by atoms with E-state index >= 15 is 0 Å². The Balaban J connectivity index is 1.58. The lowest BCUT2D eigenvalue weighted by Crippen LogP contribution is -2.47. The zero-order valence-electron chi connectivity index (χ0n) is 19.9. The van der Waals surface area contributed by atoms with Gasteiger partial charge >= 0.3 is 0 Å². The van der Waals surface area contributed by atoms with Crippen LogP contribution in [0.5, 0.6) is 0 Å². The van der Waals surface area contributed by atoms with E-state index in [1.807, 2.05) is 17.0 Å². The molecule has 34 heavy (non-hydrogen) atoms. The van der Waals surface area contributed by atoms with Gasteiger partial charge in [-0.25, -0.2) is 0 Å². The summed E-state index contributed by atoms with van der Waals surface area (Å²) in [6, 6.07) is 7.86. The molecule has 1 aliphatic carbocycles. The number of aromatic nitrogens is 1. The summed E-state index contributed by atoms with van der Waals surface area (Å²) in [5, 5.41) is 4.42. The Labute approximate surface area is 211 Å². The van der Waals surface area contributed by atoms with Crippen LogP contribution < -0.4 is 10.9 Å². The Morgan fingerprint density at radius 3 is 2.74 bits per heavy atom. The maximum absolute atomic E-state index is 13.9. The summed E-state index contributed by atoms with van der Waals surface area (Å²) in [6.45, 7) is 2.56. The maximum Gasteiger partial charge on any atom is 0.250 e. The van der Waals surface area contributed by atoms with E-state index in [0.717, 1.165) is 55.3 Å². The summed E-state index contributed by atoms with van der Waals surface area (Å²) in [4.78, 5) is 28.2. The van der Waals surface area contributed by atoms with Crippen molar-refractivity contribution < 1.29 is 9.53 Å². The summed E-state index contributed by atoms with van der Waals surface area (Å²) < 4.78 is 6.73. The highest BCUT2D eigenvalue weighted by Gasteiger charge is 2.40. The van der Waals surface area contributed by atoms with Gasteiger partial charge in [0.05, 0.1) is 16.0 Å². The van der Waals surface area contributed by atoms with Gasteiger partial charge in [-0.1, -0.05) is 29.3 Å². The van der Waals surface area contributed by atoms with Gasteiger partial charge in [-0.15, -0.1) is 0 Å². The second-order valence-corrected chi connectivity index (χ2v) is 10.2. The molecule has 184 valence electrons. The first kappa shape index (κ1) is 25.2. The van der Waals surface area contributed by atoms with Crippen molar-refractivity contribution in [3.63, 3.8) is 0 Å². The topological polar surface area (TPSA) is 63.6 Å². The van der Waals surface area contributed by atoms with E-state index in [-0.39, 0.29) is 29.3 Å². The smallest absolute Gasteiger partial charge is 0.250 e. The number of ether oxygens (including phenoxy) is 1. The number of benzene rings is 1. The SMILES string of the molecule is COCCCc1cc(Cl)c(Cl)c(CN(C(=O)C2CNCC[C@@H]2c2ccn(C)c(=O)c2)C2CC2)c1. The van der Waals surface area contributed by atoms with Crippen LogP contribution >= 0.6 is 23.2 Å². The van der Waals surface area contributed by atoms with Gasteiger partial charge in [-0.05, 0) is 73.4 Å². The Bertz CT molecular complexity index is 1080. The lowest BCUT2D eigenvalue weighted by Gasteiger charge is -2.36. The van der Waals surface area contributed by atoms with Crippen LogP contribution in [0.15, 0.2) is 35.3 Å². The van der Waals surface area contributed by atoms with E-state index in [1.165, 1.54) is 0 Å². The number of piperidine rings is 1. The molecule has 1 aromatic heterocycles. The van der Waals surface area contributed by atoms with E-state index in [1.54, 1.807) is 31.0 Å². The molecule has 8 heteroatoms. The standard InChI is InChI=1S/C26H33Cl2N3O3/c1-30-10-8-18(14-24(30)32)21-7-9-29-15-22(21)26(33)31(20-5-6-20)16-19-12-17(4-3-11-34-2)13-23(27)25(19)28/h8,10,12-14,20-22,29H,3-7,9,11,15-16H2,1-2H3/t21-,22?/m1/s1. The van der Waals surface area contributed by atoms with Crippen LogP contribution in [-0.4, -0.2) is 48.2 Å². The molecule has 4 rings (SSSR count). The fourth-order valence-electron chi connectivity index (χ4n) is 4.87. The minimum Gasteiger partial charge on any atom is -0.385 e. The van der Waals surface area contributed by atoms with Gasteiger partial charge in [-0.3, -0.25) is 9.59 Å². The van der Waals surface area contributed by atoms with E-state index in [4.69, 9.17) is 27.9 Å². The normalized spacial score (nSPS) is 20.4. The second kappa shape index (κ2) is 11.3. The number of hydrogen-bond acceptors (Lipinski definition) is 4. The van der Waals surface area contributed by atoms with E-state index in [2.05, 4.69) is 11.4 Å². The molecule has 2 aromatic rings. The lowest BCUT2D eigenvalue weighted by molar-refractivity contribution is -0.138. The number of methoxy groups -OCH3 is 1. The molecule has 1 aliphatic heterocycles. The summed E-state index contributed by atoms with van der Waals surface area (Å²) in [7, 11) is 3.43. The van der Waals surface area contributed by atoms with Crippen molar-refractivity contribution in [2.45, 2.75) is 50.6 Å². The number of rotatable bonds is 9. The molecule has 1 N–H and O–H groups in total. The molecule has 1 saturated carbocycles. The molecule has 1 amide bonds. The third-order valence-electron chi connectivity index (χ3n) is 6.94. The van der Waals surface area contributed by atoms with Crippen molar-refractivity contribution in [3.8, 4) is 0 Å². The first-order valence-corrected chi connectivity index (χ1v) is 12.8. The highest BCUT2D eigenvalue weighted by Crippen LogP contribution is 2.37. The fourth-order valence-corrected chi connectivity index (χ4v) is 5.30. The van der Waals surface area contributed by atoms with E-state index in [0.29, 0.717) is 29.7 Å². The molecule has 2 fully saturated rings. The summed E-state index contributed by atoms with van der Waals surface area (Å²) >= 11 is 13.1. The molecule has 1 saturated heterocycles. The van der Waals surface area contributed by atoms with Crippen LogP contribution in [-0.2, 0) is 29.5 Å². The Morgan fingerprint density at radius 1 is 1.24 bits per heavy atom. The van der Waals surface area contributed by atoms with Crippen LogP contribution in [0.25, 0.3) is 0 Å². The quantitative estimate of drug-likeness (QED) is 0.519. The maximum atomic E-state index is 13.9. The zero-order valence-corrected chi connectivity index (χ0v) is 21.4. The van der Waals surface area contributed by atoms with Crippen molar-refractivity contribution in [2.75, 3.05) is 26.8 Å². The zero-order chi connectivity index (χ0) is 24.2. The number of halogens is 2. The first-order valence-electron chi connectivity index (χ1n) is 12.0. The predicted octanol–water partition coefficient (Wildman–Crippen LogP) is 4.16. The average molecular weight is 506 g/mol. The second-order valence-electron chi connectivity index (χ2n) is 9.46. The molecule has 1 aromatic carbocycles. The molecule has 2 aliphatic rings. The van der Waals surface area contributed by atoms with Gasteiger partial charge in [0.25, 0.3) is 5.56 Å². The van der Waals surface area contributed by atoms with Crippen molar-refractivity contribution >= 4 is 29.1 Å². The Kier molecular flexibility index (Phi) is 8.35. The number of pyridine rings is 1. The van der Waals surface area contributed by atoms with Gasteiger partial charge in [0.1, 0.15) is 0 Å². The van der Waals surface area contributed by atoms with Gasteiger partial charge in [0, 0.05) is 52.2 Å². The van der Waals surface area contributed by atoms with Crippen LogP contribution in [0.1, 0.15) is 48.3 Å². The number of nitrogens with zero attached hydrogens (tertiary/aromatic N) is 2. The molecular weight excluding hydrogens is 473 g/mol. The van der Waals surface area contributed by atoms with Gasteiger partial charge in [0.2, 0.25) is 5.91 Å². The molecule has 2 heterocycles. The number of amides is 1. The predicted molar refractivity (Wildman–Crippen MR) is 136 cm³/mol. The minimum absolute atomic E-state index is 0.0170. The summed E-state index contributed by atoms with van der Waals surface area (Å²) in [5.41, 5.74) is 2.88. The van der Waals surface area contributed by atoms with Crippen LogP contribution in [0, 0.1) is 5.92 Å². The van der Waals surface area contributed by atoms with Crippen molar-refractivity contribution in [1.29, 1.82) is 0 Å². The largest absolute Gasteiger partial charge is 0.385 e. The monoisotopic (exact) mass is 505 g/mol. The number of carbonyl (C=O) groups excluding carboxylic acids is 1. The number of nitrogens with one attached hydrogen (secondary N) is 1. The molecule has 0 radical (unpaired) electrons. The van der Waals surface area contributed by atoms with Crippen molar-refractivity contribution in [3.05, 3.63) is 67.6 Å².